The van der Waals surface area contributed by atoms with E-state index in [-0.39, 0.29) is 0 Å². The van der Waals surface area contributed by atoms with Gasteiger partial charge in [-0.15, -0.1) is 0 Å². The van der Waals surface area contributed by atoms with Crippen LogP contribution >= 0.6 is 0 Å². The lowest BCUT2D eigenvalue weighted by Crippen LogP contribution is -2.36. The third-order valence-corrected chi connectivity index (χ3v) is 4.51. The van der Waals surface area contributed by atoms with Crippen LogP contribution in [0.15, 0.2) is 24.4 Å². The summed E-state index contributed by atoms with van der Waals surface area (Å²) in [7, 11) is 0. The molecule has 3 nitrogen and oxygen atoms in total. The summed E-state index contributed by atoms with van der Waals surface area (Å²) in [6, 6.07) is 6.20. The number of likely N-dealkylation sites (tertiary alicyclic amines) is 1. The number of nitrogens with zero attached hydrogens (tertiary/aromatic N) is 2. The molecule has 2 saturated heterocycles. The molecule has 0 spiro atoms. The van der Waals surface area contributed by atoms with Crippen LogP contribution in [0.25, 0.3) is 0 Å². The van der Waals surface area contributed by atoms with Crippen molar-refractivity contribution in [3.05, 3.63) is 30.1 Å². The molecule has 98 valence electrons. The summed E-state index contributed by atoms with van der Waals surface area (Å²) in [5.41, 5.74) is 1.21. The van der Waals surface area contributed by atoms with Crippen LogP contribution in [-0.4, -0.2) is 36.1 Å². The van der Waals surface area contributed by atoms with Gasteiger partial charge in [-0.1, -0.05) is 6.07 Å². The Morgan fingerprint density at radius 3 is 2.72 bits per heavy atom. The van der Waals surface area contributed by atoms with E-state index in [0.29, 0.717) is 0 Å². The lowest BCUT2D eigenvalue weighted by Gasteiger charge is -2.34. The maximum atomic E-state index is 4.42. The number of rotatable bonds is 3. The van der Waals surface area contributed by atoms with Gasteiger partial charge in [-0.05, 0) is 69.4 Å². The Kier molecular flexibility index (Phi) is 3.91. The molecule has 0 radical (unpaired) electrons. The van der Waals surface area contributed by atoms with E-state index in [4.69, 9.17) is 0 Å². The topological polar surface area (TPSA) is 28.2 Å². The molecule has 0 aliphatic carbocycles. The standard InChI is InChI=1S/C15H23N3/c1-2-7-17-15(3-1)12-18-9-5-13(6-10-18)14-4-8-16-11-14/h1-3,7,13-14,16H,4-6,8-12H2. The van der Waals surface area contributed by atoms with E-state index in [9.17, 15) is 0 Å². The average molecular weight is 245 g/mol. The van der Waals surface area contributed by atoms with Gasteiger partial charge in [0.2, 0.25) is 0 Å². The SMILES string of the molecule is c1ccc(CN2CCC(C3CCNC3)CC2)nc1. The minimum atomic E-state index is 0.946. The predicted octanol–water partition coefficient (Wildman–Crippen LogP) is 1.90. The van der Waals surface area contributed by atoms with Crippen LogP contribution in [0.4, 0.5) is 0 Å². The van der Waals surface area contributed by atoms with Crippen molar-refractivity contribution in [3.63, 3.8) is 0 Å². The number of piperidine rings is 1. The molecule has 0 bridgehead atoms. The third kappa shape index (κ3) is 2.90. The maximum Gasteiger partial charge on any atom is 0.0543 e. The first kappa shape index (κ1) is 12.1. The molecule has 18 heavy (non-hydrogen) atoms. The van der Waals surface area contributed by atoms with Crippen LogP contribution in [0.5, 0.6) is 0 Å². The molecule has 0 saturated carbocycles. The Morgan fingerprint density at radius 2 is 2.06 bits per heavy atom. The molecule has 3 heteroatoms. The molecule has 3 rings (SSSR count). The second kappa shape index (κ2) is 5.81. The van der Waals surface area contributed by atoms with Gasteiger partial charge in [-0.3, -0.25) is 9.88 Å². The van der Waals surface area contributed by atoms with Gasteiger partial charge in [0.25, 0.3) is 0 Å². The molecule has 1 aromatic heterocycles. The summed E-state index contributed by atoms with van der Waals surface area (Å²) in [4.78, 5) is 6.97. The lowest BCUT2D eigenvalue weighted by molar-refractivity contribution is 0.145. The van der Waals surface area contributed by atoms with Crippen molar-refractivity contribution in [3.8, 4) is 0 Å². The van der Waals surface area contributed by atoms with E-state index in [0.717, 1.165) is 18.4 Å². The fraction of sp³-hybridized carbons (Fsp3) is 0.667. The van der Waals surface area contributed by atoms with Crippen molar-refractivity contribution in [2.45, 2.75) is 25.8 Å². The number of pyridine rings is 1. The van der Waals surface area contributed by atoms with E-state index < -0.39 is 0 Å². The van der Waals surface area contributed by atoms with Crippen LogP contribution in [0, 0.1) is 11.8 Å². The van der Waals surface area contributed by atoms with Gasteiger partial charge in [-0.25, -0.2) is 0 Å². The largest absolute Gasteiger partial charge is 0.316 e. The molecular formula is C15H23N3. The van der Waals surface area contributed by atoms with Crippen molar-refractivity contribution in [1.82, 2.24) is 15.2 Å². The molecule has 0 aromatic carbocycles. The zero-order chi connectivity index (χ0) is 12.2. The minimum Gasteiger partial charge on any atom is -0.316 e. The fourth-order valence-electron chi connectivity index (χ4n) is 3.38. The van der Waals surface area contributed by atoms with Crippen molar-refractivity contribution in [2.24, 2.45) is 11.8 Å². The Morgan fingerprint density at radius 1 is 1.17 bits per heavy atom. The smallest absolute Gasteiger partial charge is 0.0543 e. The van der Waals surface area contributed by atoms with Crippen LogP contribution in [0.3, 0.4) is 0 Å². The molecule has 1 unspecified atom stereocenters. The highest BCUT2D eigenvalue weighted by Gasteiger charge is 2.28. The minimum absolute atomic E-state index is 0.946. The molecule has 2 aliphatic heterocycles. The predicted molar refractivity (Wildman–Crippen MR) is 73.2 cm³/mol. The molecule has 1 N–H and O–H groups in total. The number of hydrogen-bond acceptors (Lipinski definition) is 3. The van der Waals surface area contributed by atoms with E-state index in [2.05, 4.69) is 27.3 Å². The first-order valence-corrected chi connectivity index (χ1v) is 7.25. The molecule has 0 amide bonds. The summed E-state index contributed by atoms with van der Waals surface area (Å²) in [5, 5.41) is 3.50. The quantitative estimate of drug-likeness (QED) is 0.881. The lowest BCUT2D eigenvalue weighted by atomic mass is 9.84. The van der Waals surface area contributed by atoms with Gasteiger partial charge >= 0.3 is 0 Å². The van der Waals surface area contributed by atoms with Gasteiger partial charge < -0.3 is 5.32 Å². The van der Waals surface area contributed by atoms with Crippen molar-refractivity contribution < 1.29 is 0 Å². The third-order valence-electron chi connectivity index (χ3n) is 4.51. The van der Waals surface area contributed by atoms with Gasteiger partial charge in [-0.2, -0.15) is 0 Å². The first-order valence-electron chi connectivity index (χ1n) is 7.25. The van der Waals surface area contributed by atoms with Gasteiger partial charge in [0, 0.05) is 12.7 Å². The Labute approximate surface area is 110 Å². The van der Waals surface area contributed by atoms with E-state index >= 15 is 0 Å². The van der Waals surface area contributed by atoms with Crippen LogP contribution in [-0.2, 0) is 6.54 Å². The highest BCUT2D eigenvalue weighted by Crippen LogP contribution is 2.29. The number of aromatic nitrogens is 1. The average Bonchev–Trinajstić information content (AvgIpc) is 2.95. The first-order chi connectivity index (χ1) is 8.92. The zero-order valence-corrected chi connectivity index (χ0v) is 11.0. The second-order valence-corrected chi connectivity index (χ2v) is 5.69. The highest BCUT2D eigenvalue weighted by molar-refractivity contribution is 5.03. The summed E-state index contributed by atoms with van der Waals surface area (Å²) in [5.74, 6) is 1.90. The summed E-state index contributed by atoms with van der Waals surface area (Å²) >= 11 is 0. The van der Waals surface area contributed by atoms with E-state index in [1.54, 1.807) is 0 Å². The Hall–Kier alpha value is -0.930. The van der Waals surface area contributed by atoms with Crippen molar-refractivity contribution in [2.75, 3.05) is 26.2 Å². The Bertz CT molecular complexity index is 351. The molecule has 1 atom stereocenters. The maximum absolute atomic E-state index is 4.42. The van der Waals surface area contributed by atoms with Crippen LogP contribution < -0.4 is 5.32 Å². The zero-order valence-electron chi connectivity index (χ0n) is 11.0. The van der Waals surface area contributed by atoms with Crippen molar-refractivity contribution in [1.29, 1.82) is 0 Å². The molecular weight excluding hydrogens is 222 g/mol. The van der Waals surface area contributed by atoms with Gasteiger partial charge in [0.15, 0.2) is 0 Å². The second-order valence-electron chi connectivity index (χ2n) is 5.69. The molecule has 2 aliphatic rings. The van der Waals surface area contributed by atoms with Crippen molar-refractivity contribution >= 4 is 0 Å². The summed E-state index contributed by atoms with van der Waals surface area (Å²) < 4.78 is 0. The highest BCUT2D eigenvalue weighted by atomic mass is 15.1. The molecule has 1 aromatic rings. The fourth-order valence-corrected chi connectivity index (χ4v) is 3.38. The van der Waals surface area contributed by atoms with E-state index in [1.165, 1.54) is 51.1 Å². The monoisotopic (exact) mass is 245 g/mol. The summed E-state index contributed by atoms with van der Waals surface area (Å²) in [6.07, 6.45) is 6.04. The number of hydrogen-bond donors (Lipinski definition) is 1. The normalized spacial score (nSPS) is 26.6. The summed E-state index contributed by atoms with van der Waals surface area (Å²) in [6.45, 7) is 6.01. The van der Waals surface area contributed by atoms with Crippen LogP contribution in [0.2, 0.25) is 0 Å². The van der Waals surface area contributed by atoms with E-state index in [1.807, 2.05) is 12.3 Å². The number of nitrogens with one attached hydrogen (secondary N) is 1. The van der Waals surface area contributed by atoms with Gasteiger partial charge in [0.1, 0.15) is 0 Å². The molecule has 3 heterocycles. The van der Waals surface area contributed by atoms with Gasteiger partial charge in [0.05, 0.1) is 5.69 Å². The molecule has 2 fully saturated rings. The van der Waals surface area contributed by atoms with Crippen LogP contribution in [0.1, 0.15) is 25.0 Å². The Balaban J connectivity index is 1.48.